The Hall–Kier alpha value is -1.30. The van der Waals surface area contributed by atoms with E-state index in [1.807, 2.05) is 13.8 Å². The van der Waals surface area contributed by atoms with Crippen LogP contribution in [0, 0.1) is 5.92 Å². The number of urea groups is 1. The molecule has 0 radical (unpaired) electrons. The molecule has 0 saturated carbocycles. The fraction of sp³-hybridized carbons (Fsp3) is 0.846. The summed E-state index contributed by atoms with van der Waals surface area (Å²) in [5, 5.41) is 14.0. The van der Waals surface area contributed by atoms with Gasteiger partial charge in [-0.25, -0.2) is 9.59 Å². The summed E-state index contributed by atoms with van der Waals surface area (Å²) in [5.74, 6) is -1.17. The lowest BCUT2D eigenvalue weighted by Crippen LogP contribution is -2.48. The molecule has 0 fully saturated rings. The van der Waals surface area contributed by atoms with Gasteiger partial charge < -0.3 is 20.5 Å². The minimum absolute atomic E-state index is 0.150. The van der Waals surface area contributed by atoms with E-state index < -0.39 is 18.0 Å². The number of carboxylic acids is 1. The molecular weight excluding hydrogens is 248 g/mol. The van der Waals surface area contributed by atoms with Gasteiger partial charge >= 0.3 is 12.0 Å². The van der Waals surface area contributed by atoms with E-state index in [-0.39, 0.29) is 12.0 Å². The van der Waals surface area contributed by atoms with Gasteiger partial charge in [-0.3, -0.25) is 0 Å². The number of aliphatic carboxylic acids is 1. The van der Waals surface area contributed by atoms with E-state index in [9.17, 15) is 9.59 Å². The number of hydrogen-bond donors (Lipinski definition) is 3. The van der Waals surface area contributed by atoms with E-state index in [0.717, 1.165) is 12.8 Å². The van der Waals surface area contributed by atoms with Crippen molar-refractivity contribution < 1.29 is 19.4 Å². The predicted octanol–water partition coefficient (Wildman–Crippen LogP) is 1.60. The van der Waals surface area contributed by atoms with E-state index in [0.29, 0.717) is 13.2 Å². The largest absolute Gasteiger partial charge is 0.480 e. The summed E-state index contributed by atoms with van der Waals surface area (Å²) in [6.45, 7) is 8.64. The minimum Gasteiger partial charge on any atom is -0.480 e. The number of amides is 2. The van der Waals surface area contributed by atoms with Gasteiger partial charge in [-0.15, -0.1) is 0 Å². The maximum atomic E-state index is 11.5. The molecule has 0 aliphatic heterocycles. The monoisotopic (exact) mass is 274 g/mol. The molecule has 2 amide bonds. The zero-order valence-corrected chi connectivity index (χ0v) is 12.2. The van der Waals surface area contributed by atoms with Crippen molar-refractivity contribution in [1.29, 1.82) is 0 Å². The van der Waals surface area contributed by atoms with Crippen molar-refractivity contribution in [3.8, 4) is 0 Å². The van der Waals surface area contributed by atoms with E-state index in [2.05, 4.69) is 10.6 Å². The second-order valence-corrected chi connectivity index (χ2v) is 5.09. The van der Waals surface area contributed by atoms with Crippen LogP contribution < -0.4 is 10.6 Å². The van der Waals surface area contributed by atoms with Crippen LogP contribution in [0.3, 0.4) is 0 Å². The fourth-order valence-corrected chi connectivity index (χ4v) is 1.45. The van der Waals surface area contributed by atoms with E-state index in [1.54, 1.807) is 13.8 Å². The Morgan fingerprint density at radius 2 is 1.79 bits per heavy atom. The van der Waals surface area contributed by atoms with Crippen molar-refractivity contribution in [2.45, 2.75) is 52.7 Å². The van der Waals surface area contributed by atoms with Crippen molar-refractivity contribution in [3.05, 3.63) is 0 Å². The zero-order valence-electron chi connectivity index (χ0n) is 12.2. The van der Waals surface area contributed by atoms with E-state index in [4.69, 9.17) is 9.84 Å². The third-order valence-corrected chi connectivity index (χ3v) is 2.53. The summed E-state index contributed by atoms with van der Waals surface area (Å²) in [6.07, 6.45) is 1.89. The molecule has 0 aromatic rings. The van der Waals surface area contributed by atoms with Crippen LogP contribution in [0.1, 0.15) is 40.5 Å². The predicted molar refractivity (Wildman–Crippen MR) is 73.1 cm³/mol. The van der Waals surface area contributed by atoms with Crippen molar-refractivity contribution in [1.82, 2.24) is 10.6 Å². The van der Waals surface area contributed by atoms with Gasteiger partial charge in [0.1, 0.15) is 6.04 Å². The van der Waals surface area contributed by atoms with Crippen LogP contribution in [-0.2, 0) is 9.53 Å². The van der Waals surface area contributed by atoms with Gasteiger partial charge in [-0.1, -0.05) is 13.8 Å². The zero-order chi connectivity index (χ0) is 14.8. The highest BCUT2D eigenvalue weighted by atomic mass is 16.5. The molecule has 6 nitrogen and oxygen atoms in total. The molecule has 0 heterocycles. The topological polar surface area (TPSA) is 87.7 Å². The average molecular weight is 274 g/mol. The number of carbonyl (C=O) groups excluding carboxylic acids is 1. The molecule has 6 heteroatoms. The minimum atomic E-state index is -1.02. The Kier molecular flexibility index (Phi) is 8.95. The lowest BCUT2D eigenvalue weighted by molar-refractivity contribution is -0.140. The summed E-state index contributed by atoms with van der Waals surface area (Å²) in [5.41, 5.74) is 0. The third kappa shape index (κ3) is 9.30. The van der Waals surface area contributed by atoms with Crippen LogP contribution in [-0.4, -0.2) is 42.4 Å². The standard InChI is InChI=1S/C13H26N2O4/c1-9(2)11(12(16)17)15-13(18)14-7-5-6-8-19-10(3)4/h9-11H,5-8H2,1-4H3,(H,16,17)(H2,14,15,18). The lowest BCUT2D eigenvalue weighted by Gasteiger charge is -2.18. The summed E-state index contributed by atoms with van der Waals surface area (Å²) < 4.78 is 5.37. The van der Waals surface area contributed by atoms with Crippen molar-refractivity contribution in [2.24, 2.45) is 5.92 Å². The lowest BCUT2D eigenvalue weighted by atomic mass is 10.1. The van der Waals surface area contributed by atoms with Gasteiger partial charge in [-0.05, 0) is 32.6 Å². The first kappa shape index (κ1) is 17.7. The van der Waals surface area contributed by atoms with E-state index in [1.165, 1.54) is 0 Å². The highest BCUT2D eigenvalue weighted by Gasteiger charge is 2.22. The van der Waals surface area contributed by atoms with Gasteiger partial charge in [-0.2, -0.15) is 0 Å². The van der Waals surface area contributed by atoms with Crippen LogP contribution in [0.5, 0.6) is 0 Å². The number of carbonyl (C=O) groups is 2. The molecule has 3 N–H and O–H groups in total. The highest BCUT2D eigenvalue weighted by molar-refractivity contribution is 5.82. The van der Waals surface area contributed by atoms with Crippen LogP contribution in [0.2, 0.25) is 0 Å². The Bertz CT molecular complexity index is 280. The molecule has 19 heavy (non-hydrogen) atoms. The summed E-state index contributed by atoms with van der Waals surface area (Å²) in [4.78, 5) is 22.4. The summed E-state index contributed by atoms with van der Waals surface area (Å²) >= 11 is 0. The molecule has 0 aromatic heterocycles. The van der Waals surface area contributed by atoms with Gasteiger partial charge in [0.05, 0.1) is 6.10 Å². The Balaban J connectivity index is 3.72. The number of ether oxygens (including phenoxy) is 1. The van der Waals surface area contributed by atoms with Crippen molar-refractivity contribution in [2.75, 3.05) is 13.2 Å². The SMILES string of the molecule is CC(C)OCCCCNC(=O)NC(C(=O)O)C(C)C. The van der Waals surface area contributed by atoms with Gasteiger partial charge in [0.15, 0.2) is 0 Å². The van der Waals surface area contributed by atoms with Crippen LogP contribution in [0.4, 0.5) is 4.79 Å². The molecule has 0 bridgehead atoms. The second-order valence-electron chi connectivity index (χ2n) is 5.09. The molecule has 0 spiro atoms. The first-order chi connectivity index (χ1) is 8.84. The van der Waals surface area contributed by atoms with Crippen LogP contribution >= 0.6 is 0 Å². The second kappa shape index (κ2) is 9.61. The normalized spacial score (nSPS) is 12.5. The third-order valence-electron chi connectivity index (χ3n) is 2.53. The molecule has 1 atom stereocenters. The highest BCUT2D eigenvalue weighted by Crippen LogP contribution is 2.01. The maximum Gasteiger partial charge on any atom is 0.326 e. The Labute approximate surface area is 114 Å². The molecule has 0 aromatic carbocycles. The van der Waals surface area contributed by atoms with Crippen molar-refractivity contribution in [3.63, 3.8) is 0 Å². The van der Waals surface area contributed by atoms with Crippen molar-refractivity contribution >= 4 is 12.0 Å². The summed E-state index contributed by atoms with van der Waals surface area (Å²) in [6, 6.07) is -1.30. The molecule has 0 aliphatic rings. The quantitative estimate of drug-likeness (QED) is 0.557. The molecule has 0 rings (SSSR count). The fourth-order valence-electron chi connectivity index (χ4n) is 1.45. The first-order valence-corrected chi connectivity index (χ1v) is 6.73. The maximum absolute atomic E-state index is 11.5. The van der Waals surface area contributed by atoms with Crippen LogP contribution in [0.15, 0.2) is 0 Å². The number of nitrogens with one attached hydrogen (secondary N) is 2. The van der Waals surface area contributed by atoms with E-state index >= 15 is 0 Å². The van der Waals surface area contributed by atoms with Gasteiger partial charge in [0, 0.05) is 13.2 Å². The average Bonchev–Trinajstić information content (AvgIpc) is 2.29. The number of unbranched alkanes of at least 4 members (excludes halogenated alkanes) is 1. The molecule has 0 saturated heterocycles. The molecule has 112 valence electrons. The Morgan fingerprint density at radius 1 is 1.16 bits per heavy atom. The smallest absolute Gasteiger partial charge is 0.326 e. The molecule has 0 aliphatic carbocycles. The Morgan fingerprint density at radius 3 is 2.26 bits per heavy atom. The summed E-state index contributed by atoms with van der Waals surface area (Å²) in [7, 11) is 0. The number of hydrogen-bond acceptors (Lipinski definition) is 3. The number of rotatable bonds is 9. The van der Waals surface area contributed by atoms with Gasteiger partial charge in [0.2, 0.25) is 0 Å². The van der Waals surface area contributed by atoms with Gasteiger partial charge in [0.25, 0.3) is 0 Å². The molecular formula is C13H26N2O4. The molecule has 1 unspecified atom stereocenters. The first-order valence-electron chi connectivity index (χ1n) is 6.73. The number of carboxylic acid groups (broad SMARTS) is 1. The van der Waals surface area contributed by atoms with Crippen LogP contribution in [0.25, 0.3) is 0 Å².